The molecule has 0 saturated heterocycles. The molecule has 0 aliphatic carbocycles. The molecule has 1 unspecified atom stereocenters. The molecule has 20 heavy (non-hydrogen) atoms. The average molecular weight is 280 g/mol. The normalized spacial score (nSPS) is 14.3. The molecule has 0 N–H and O–H groups in total. The van der Waals surface area contributed by atoms with Gasteiger partial charge in [0, 0.05) is 6.08 Å². The van der Waals surface area contributed by atoms with Crippen LogP contribution in [0.1, 0.15) is 67.2 Å². The van der Waals surface area contributed by atoms with Gasteiger partial charge in [0.2, 0.25) is 0 Å². The van der Waals surface area contributed by atoms with Crippen LogP contribution >= 0.6 is 0 Å². The van der Waals surface area contributed by atoms with E-state index >= 15 is 0 Å². The minimum Gasteiger partial charge on any atom is -0.460 e. The number of hydrogen-bond acceptors (Lipinski definition) is 2. The van der Waals surface area contributed by atoms with Gasteiger partial charge in [0.1, 0.15) is 0 Å². The standard InChI is InChI=1S/C18H32O2/c1-14(2)9-7-10-16(5)11-8-12-17(6)13-18(19)20-15(3)4/h8,12-16H,7,9-11H2,1-6H3/b12-8+,17-13?. The van der Waals surface area contributed by atoms with E-state index in [-0.39, 0.29) is 12.1 Å². The molecule has 0 rings (SSSR count). The lowest BCUT2D eigenvalue weighted by Gasteiger charge is -2.09. The smallest absolute Gasteiger partial charge is 0.331 e. The molecule has 0 aliphatic heterocycles. The fraction of sp³-hybridized carbons (Fsp3) is 0.722. The fourth-order valence-electron chi connectivity index (χ4n) is 1.98. The van der Waals surface area contributed by atoms with Crippen molar-refractivity contribution in [2.75, 3.05) is 0 Å². The third-order valence-electron chi connectivity index (χ3n) is 3.09. The van der Waals surface area contributed by atoms with E-state index < -0.39 is 0 Å². The van der Waals surface area contributed by atoms with E-state index in [1.54, 1.807) is 6.08 Å². The van der Waals surface area contributed by atoms with Crippen molar-refractivity contribution in [2.24, 2.45) is 11.8 Å². The first-order chi connectivity index (χ1) is 9.31. The summed E-state index contributed by atoms with van der Waals surface area (Å²) in [5.41, 5.74) is 0.949. The molecule has 0 aromatic carbocycles. The quantitative estimate of drug-likeness (QED) is 0.326. The predicted molar refractivity (Wildman–Crippen MR) is 86.6 cm³/mol. The molecule has 0 aromatic heterocycles. The predicted octanol–water partition coefficient (Wildman–Crippen LogP) is 5.29. The SMILES string of the molecule is CC(=CC(=O)OC(C)C)/C=C/CC(C)CCCC(C)C. The van der Waals surface area contributed by atoms with Gasteiger partial charge in [0.25, 0.3) is 0 Å². The first-order valence-corrected chi connectivity index (χ1v) is 7.86. The van der Waals surface area contributed by atoms with Gasteiger partial charge in [-0.25, -0.2) is 4.79 Å². The lowest BCUT2D eigenvalue weighted by molar-refractivity contribution is -0.141. The van der Waals surface area contributed by atoms with Gasteiger partial charge >= 0.3 is 5.97 Å². The number of rotatable bonds is 9. The van der Waals surface area contributed by atoms with Gasteiger partial charge in [-0.3, -0.25) is 0 Å². The zero-order valence-corrected chi connectivity index (χ0v) is 14.1. The van der Waals surface area contributed by atoms with E-state index in [9.17, 15) is 4.79 Å². The fourth-order valence-corrected chi connectivity index (χ4v) is 1.98. The highest BCUT2D eigenvalue weighted by Crippen LogP contribution is 2.15. The molecule has 0 fully saturated rings. The summed E-state index contributed by atoms with van der Waals surface area (Å²) in [6.45, 7) is 12.5. The Balaban J connectivity index is 3.98. The summed E-state index contributed by atoms with van der Waals surface area (Å²) >= 11 is 0. The maximum Gasteiger partial charge on any atom is 0.331 e. The molecule has 0 heterocycles. The average Bonchev–Trinajstić information content (AvgIpc) is 2.26. The van der Waals surface area contributed by atoms with Crippen LogP contribution in [-0.2, 0) is 9.53 Å². The molecular formula is C18H32O2. The molecular weight excluding hydrogens is 248 g/mol. The maximum absolute atomic E-state index is 11.4. The Hall–Kier alpha value is -1.05. The Morgan fingerprint density at radius 3 is 2.30 bits per heavy atom. The van der Waals surface area contributed by atoms with Crippen molar-refractivity contribution in [3.05, 3.63) is 23.8 Å². The van der Waals surface area contributed by atoms with Crippen LogP contribution < -0.4 is 0 Å². The topological polar surface area (TPSA) is 26.3 Å². The third-order valence-corrected chi connectivity index (χ3v) is 3.09. The number of carbonyl (C=O) groups is 1. The van der Waals surface area contributed by atoms with Gasteiger partial charge in [0.15, 0.2) is 0 Å². The molecule has 1 atom stereocenters. The van der Waals surface area contributed by atoms with Gasteiger partial charge in [-0.05, 0) is 44.6 Å². The van der Waals surface area contributed by atoms with E-state index in [1.165, 1.54) is 19.3 Å². The summed E-state index contributed by atoms with van der Waals surface area (Å²) in [6.07, 6.45) is 10.6. The Morgan fingerprint density at radius 1 is 1.10 bits per heavy atom. The zero-order valence-electron chi connectivity index (χ0n) is 14.1. The summed E-state index contributed by atoms with van der Waals surface area (Å²) in [5, 5.41) is 0. The highest BCUT2D eigenvalue weighted by atomic mass is 16.5. The van der Waals surface area contributed by atoms with E-state index in [4.69, 9.17) is 4.74 Å². The summed E-state index contributed by atoms with van der Waals surface area (Å²) in [5.74, 6) is 1.25. The van der Waals surface area contributed by atoms with E-state index in [2.05, 4.69) is 26.8 Å². The molecule has 116 valence electrons. The largest absolute Gasteiger partial charge is 0.460 e. The second-order valence-electron chi connectivity index (χ2n) is 6.44. The molecule has 0 radical (unpaired) electrons. The Labute approximate surface area is 125 Å². The number of ether oxygens (including phenoxy) is 1. The first kappa shape index (κ1) is 18.9. The minimum absolute atomic E-state index is 0.0588. The zero-order chi connectivity index (χ0) is 15.5. The highest BCUT2D eigenvalue weighted by molar-refractivity contribution is 5.83. The van der Waals surface area contributed by atoms with Gasteiger partial charge < -0.3 is 4.74 Å². The third kappa shape index (κ3) is 12.0. The number of hydrogen-bond donors (Lipinski definition) is 0. The Bertz CT molecular complexity index is 324. The lowest BCUT2D eigenvalue weighted by atomic mass is 9.97. The van der Waals surface area contributed by atoms with Crippen LogP contribution in [0.3, 0.4) is 0 Å². The summed E-state index contributed by atoms with van der Waals surface area (Å²) in [7, 11) is 0. The van der Waals surface area contributed by atoms with E-state index in [1.807, 2.05) is 26.8 Å². The van der Waals surface area contributed by atoms with Crippen molar-refractivity contribution in [3.63, 3.8) is 0 Å². The van der Waals surface area contributed by atoms with Crippen LogP contribution in [0.5, 0.6) is 0 Å². The minimum atomic E-state index is -0.257. The van der Waals surface area contributed by atoms with Gasteiger partial charge in [-0.15, -0.1) is 0 Å². The van der Waals surface area contributed by atoms with Crippen molar-refractivity contribution in [1.82, 2.24) is 0 Å². The molecule has 0 aliphatic rings. The van der Waals surface area contributed by atoms with Crippen LogP contribution in [-0.4, -0.2) is 12.1 Å². The van der Waals surface area contributed by atoms with Crippen molar-refractivity contribution in [2.45, 2.75) is 73.3 Å². The first-order valence-electron chi connectivity index (χ1n) is 7.86. The second-order valence-corrected chi connectivity index (χ2v) is 6.44. The molecule has 0 saturated carbocycles. The van der Waals surface area contributed by atoms with Gasteiger partial charge in [-0.2, -0.15) is 0 Å². The van der Waals surface area contributed by atoms with Crippen molar-refractivity contribution < 1.29 is 9.53 Å². The van der Waals surface area contributed by atoms with Crippen molar-refractivity contribution >= 4 is 5.97 Å². The molecule has 2 nitrogen and oxygen atoms in total. The lowest BCUT2D eigenvalue weighted by Crippen LogP contribution is -2.08. The maximum atomic E-state index is 11.4. The van der Waals surface area contributed by atoms with Gasteiger partial charge in [-0.1, -0.05) is 52.2 Å². The number of allylic oxidation sites excluding steroid dienone is 3. The van der Waals surface area contributed by atoms with Gasteiger partial charge in [0.05, 0.1) is 6.10 Å². The monoisotopic (exact) mass is 280 g/mol. The Kier molecular flexibility index (Phi) is 10.1. The van der Waals surface area contributed by atoms with Crippen LogP contribution in [0.2, 0.25) is 0 Å². The number of esters is 1. The number of carbonyl (C=O) groups excluding carboxylic acids is 1. The van der Waals surface area contributed by atoms with Crippen molar-refractivity contribution in [3.8, 4) is 0 Å². The summed E-state index contributed by atoms with van der Waals surface area (Å²) < 4.78 is 5.07. The molecule has 0 spiro atoms. The van der Waals surface area contributed by atoms with Crippen LogP contribution in [0, 0.1) is 11.8 Å². The molecule has 0 aromatic rings. The second kappa shape index (κ2) is 10.7. The van der Waals surface area contributed by atoms with Crippen molar-refractivity contribution in [1.29, 1.82) is 0 Å². The molecule has 0 amide bonds. The molecule has 0 bridgehead atoms. The molecule has 2 heteroatoms. The summed E-state index contributed by atoms with van der Waals surface area (Å²) in [6, 6.07) is 0. The summed E-state index contributed by atoms with van der Waals surface area (Å²) in [4.78, 5) is 11.4. The Morgan fingerprint density at radius 2 is 1.75 bits per heavy atom. The van der Waals surface area contributed by atoms with Crippen LogP contribution in [0.25, 0.3) is 0 Å². The highest BCUT2D eigenvalue weighted by Gasteiger charge is 2.02. The van der Waals surface area contributed by atoms with E-state index in [0.29, 0.717) is 5.92 Å². The van der Waals surface area contributed by atoms with Crippen LogP contribution in [0.15, 0.2) is 23.8 Å². The van der Waals surface area contributed by atoms with Crippen LogP contribution in [0.4, 0.5) is 0 Å². The van der Waals surface area contributed by atoms with E-state index in [0.717, 1.165) is 17.9 Å².